The Morgan fingerprint density at radius 2 is 1.75 bits per heavy atom. The van der Waals surface area contributed by atoms with Gasteiger partial charge < -0.3 is 4.74 Å². The SMILES string of the molecule is COc1cccc(CCS(=O)(=O)CCCS(C)(=O)=O)c1. The van der Waals surface area contributed by atoms with Gasteiger partial charge in [0.15, 0.2) is 9.84 Å². The van der Waals surface area contributed by atoms with Gasteiger partial charge in [0, 0.05) is 6.26 Å². The Kier molecular flexibility index (Phi) is 6.01. The standard InChI is InChI=1S/C13H20O5S2/c1-18-13-6-3-5-12(11-13)7-10-20(16,17)9-4-8-19(2,14)15/h3,5-6,11H,4,7-10H2,1-2H3. The highest BCUT2D eigenvalue weighted by atomic mass is 32.2. The second kappa shape index (κ2) is 7.08. The average Bonchev–Trinajstić information content (AvgIpc) is 2.35. The van der Waals surface area contributed by atoms with E-state index in [1.165, 1.54) is 0 Å². The molecule has 0 bridgehead atoms. The van der Waals surface area contributed by atoms with Crippen molar-refractivity contribution < 1.29 is 21.6 Å². The van der Waals surface area contributed by atoms with Crippen LogP contribution < -0.4 is 4.74 Å². The minimum absolute atomic E-state index is 0.0178. The number of sulfone groups is 2. The van der Waals surface area contributed by atoms with E-state index in [1.807, 2.05) is 12.1 Å². The van der Waals surface area contributed by atoms with Crippen molar-refractivity contribution in [3.8, 4) is 5.75 Å². The minimum atomic E-state index is -3.23. The summed E-state index contributed by atoms with van der Waals surface area (Å²) in [5, 5.41) is 0. The molecule has 1 rings (SSSR count). The van der Waals surface area contributed by atoms with Gasteiger partial charge in [-0.15, -0.1) is 0 Å². The number of hydrogen-bond donors (Lipinski definition) is 0. The number of benzene rings is 1. The highest BCUT2D eigenvalue weighted by Crippen LogP contribution is 2.13. The summed E-state index contributed by atoms with van der Waals surface area (Å²) in [6, 6.07) is 7.25. The number of rotatable bonds is 8. The average molecular weight is 320 g/mol. The predicted octanol–water partition coefficient (Wildman–Crippen LogP) is 1.09. The van der Waals surface area contributed by atoms with E-state index in [2.05, 4.69) is 0 Å². The summed E-state index contributed by atoms with van der Waals surface area (Å²) in [5.74, 6) is 0.524. The first-order valence-electron chi connectivity index (χ1n) is 6.23. The molecule has 0 saturated carbocycles. The highest BCUT2D eigenvalue weighted by molar-refractivity contribution is 7.92. The van der Waals surface area contributed by atoms with Crippen LogP contribution in [0.2, 0.25) is 0 Å². The Morgan fingerprint density at radius 3 is 2.35 bits per heavy atom. The zero-order valence-corrected chi connectivity index (χ0v) is 13.3. The van der Waals surface area contributed by atoms with Gasteiger partial charge in [0.2, 0.25) is 0 Å². The summed E-state index contributed by atoms with van der Waals surface area (Å²) in [6.07, 6.45) is 1.66. The van der Waals surface area contributed by atoms with E-state index in [9.17, 15) is 16.8 Å². The molecule has 0 radical (unpaired) electrons. The van der Waals surface area contributed by atoms with Gasteiger partial charge in [-0.3, -0.25) is 0 Å². The fourth-order valence-corrected chi connectivity index (χ4v) is 3.93. The summed E-state index contributed by atoms with van der Waals surface area (Å²) in [5.41, 5.74) is 0.885. The number of ether oxygens (including phenoxy) is 1. The van der Waals surface area contributed by atoms with Gasteiger partial charge in [0.1, 0.15) is 15.6 Å². The molecule has 7 heteroatoms. The van der Waals surface area contributed by atoms with Gasteiger partial charge in [-0.25, -0.2) is 16.8 Å². The molecule has 0 fully saturated rings. The number of hydrogen-bond acceptors (Lipinski definition) is 5. The van der Waals surface area contributed by atoms with Crippen LogP contribution in [-0.2, 0) is 26.1 Å². The zero-order chi connectivity index (χ0) is 15.2. The van der Waals surface area contributed by atoms with Gasteiger partial charge in [0.25, 0.3) is 0 Å². The topological polar surface area (TPSA) is 77.5 Å². The first kappa shape index (κ1) is 17.0. The van der Waals surface area contributed by atoms with E-state index >= 15 is 0 Å². The molecule has 0 amide bonds. The van der Waals surface area contributed by atoms with E-state index in [4.69, 9.17) is 4.74 Å². The van der Waals surface area contributed by atoms with Crippen LogP contribution in [0.5, 0.6) is 5.75 Å². The molecule has 0 unspecified atom stereocenters. The third-order valence-corrected chi connectivity index (χ3v) is 5.57. The van der Waals surface area contributed by atoms with E-state index in [0.29, 0.717) is 12.2 Å². The molecule has 0 N–H and O–H groups in total. The smallest absolute Gasteiger partial charge is 0.150 e. The van der Waals surface area contributed by atoms with Crippen LogP contribution in [-0.4, -0.2) is 47.5 Å². The lowest BCUT2D eigenvalue weighted by atomic mass is 10.2. The van der Waals surface area contributed by atoms with Crippen molar-refractivity contribution in [3.05, 3.63) is 29.8 Å². The summed E-state index contributed by atoms with van der Waals surface area (Å²) in [4.78, 5) is 0. The molecular weight excluding hydrogens is 300 g/mol. The second-order valence-electron chi connectivity index (χ2n) is 4.74. The van der Waals surface area contributed by atoms with Crippen LogP contribution in [0, 0.1) is 0 Å². The fraction of sp³-hybridized carbons (Fsp3) is 0.538. The molecule has 0 aromatic heterocycles. The lowest BCUT2D eigenvalue weighted by Gasteiger charge is -2.06. The van der Waals surface area contributed by atoms with Crippen molar-refractivity contribution in [2.45, 2.75) is 12.8 Å². The normalized spacial score (nSPS) is 12.3. The predicted molar refractivity (Wildman–Crippen MR) is 79.7 cm³/mol. The molecular formula is C13H20O5S2. The Morgan fingerprint density at radius 1 is 1.05 bits per heavy atom. The van der Waals surface area contributed by atoms with Crippen molar-refractivity contribution in [3.63, 3.8) is 0 Å². The molecule has 0 aliphatic heterocycles. The highest BCUT2D eigenvalue weighted by Gasteiger charge is 2.13. The maximum atomic E-state index is 11.8. The third kappa shape index (κ3) is 6.91. The van der Waals surface area contributed by atoms with Gasteiger partial charge in [-0.2, -0.15) is 0 Å². The van der Waals surface area contributed by atoms with E-state index in [0.717, 1.165) is 11.8 Å². The van der Waals surface area contributed by atoms with Gasteiger partial charge in [-0.05, 0) is 30.5 Å². The molecule has 0 atom stereocenters. The number of methoxy groups -OCH3 is 1. The molecule has 0 saturated heterocycles. The Labute approximate surface area is 120 Å². The van der Waals surface area contributed by atoms with Crippen molar-refractivity contribution >= 4 is 19.7 Å². The summed E-state index contributed by atoms with van der Waals surface area (Å²) >= 11 is 0. The third-order valence-electron chi connectivity index (χ3n) is 2.81. The minimum Gasteiger partial charge on any atom is -0.497 e. The molecule has 20 heavy (non-hydrogen) atoms. The fourth-order valence-electron chi connectivity index (χ4n) is 1.74. The van der Waals surface area contributed by atoms with Crippen LogP contribution in [0.25, 0.3) is 0 Å². The van der Waals surface area contributed by atoms with E-state index in [-0.39, 0.29) is 23.7 Å². The quantitative estimate of drug-likeness (QED) is 0.716. The molecule has 0 heterocycles. The van der Waals surface area contributed by atoms with Gasteiger partial charge in [-0.1, -0.05) is 12.1 Å². The molecule has 0 spiro atoms. The largest absolute Gasteiger partial charge is 0.497 e. The van der Waals surface area contributed by atoms with Gasteiger partial charge >= 0.3 is 0 Å². The van der Waals surface area contributed by atoms with Crippen LogP contribution in [0.1, 0.15) is 12.0 Å². The van der Waals surface area contributed by atoms with Crippen LogP contribution in [0.3, 0.4) is 0 Å². The summed E-state index contributed by atoms with van der Waals surface area (Å²) in [6.45, 7) is 0. The molecule has 1 aromatic carbocycles. The Balaban J connectivity index is 2.50. The lowest BCUT2D eigenvalue weighted by Crippen LogP contribution is -2.16. The molecule has 0 aliphatic carbocycles. The summed E-state index contributed by atoms with van der Waals surface area (Å²) < 4.78 is 50.6. The molecule has 0 aliphatic rings. The molecule has 114 valence electrons. The number of aryl methyl sites for hydroxylation is 1. The Bertz CT molecular complexity index is 632. The van der Waals surface area contributed by atoms with E-state index in [1.54, 1.807) is 19.2 Å². The second-order valence-corrected chi connectivity index (χ2v) is 9.30. The maximum Gasteiger partial charge on any atom is 0.150 e. The van der Waals surface area contributed by atoms with Crippen LogP contribution >= 0.6 is 0 Å². The van der Waals surface area contributed by atoms with Crippen molar-refractivity contribution in [1.82, 2.24) is 0 Å². The van der Waals surface area contributed by atoms with Crippen LogP contribution in [0.15, 0.2) is 24.3 Å². The monoisotopic (exact) mass is 320 g/mol. The zero-order valence-electron chi connectivity index (χ0n) is 11.7. The van der Waals surface area contributed by atoms with Crippen molar-refractivity contribution in [1.29, 1.82) is 0 Å². The van der Waals surface area contributed by atoms with Crippen LogP contribution in [0.4, 0.5) is 0 Å². The lowest BCUT2D eigenvalue weighted by molar-refractivity contribution is 0.414. The maximum absolute atomic E-state index is 11.8. The summed E-state index contributed by atoms with van der Waals surface area (Å²) in [7, 11) is -4.77. The molecule has 5 nitrogen and oxygen atoms in total. The van der Waals surface area contributed by atoms with Crippen molar-refractivity contribution in [2.75, 3.05) is 30.6 Å². The van der Waals surface area contributed by atoms with Crippen molar-refractivity contribution in [2.24, 2.45) is 0 Å². The van der Waals surface area contributed by atoms with E-state index < -0.39 is 19.7 Å². The molecule has 1 aromatic rings. The first-order valence-corrected chi connectivity index (χ1v) is 10.1. The van der Waals surface area contributed by atoms with Gasteiger partial charge in [0.05, 0.1) is 24.4 Å². The first-order chi connectivity index (χ1) is 9.22. The Hall–Kier alpha value is -1.08.